The zero-order valence-corrected chi connectivity index (χ0v) is 19.2. The van der Waals surface area contributed by atoms with Crippen LogP contribution in [0, 0.1) is 0 Å². The van der Waals surface area contributed by atoms with Crippen molar-refractivity contribution < 1.29 is 22.7 Å². The Bertz CT molecular complexity index is 1150. The molecule has 0 unspecified atom stereocenters. The molecule has 0 saturated carbocycles. The topological polar surface area (TPSA) is 69.7 Å². The summed E-state index contributed by atoms with van der Waals surface area (Å²) in [7, 11) is 1.56. The fourth-order valence-electron chi connectivity index (χ4n) is 3.88. The highest BCUT2D eigenvalue weighted by atomic mass is 19.4. The average Bonchev–Trinajstić information content (AvgIpc) is 2.85. The Morgan fingerprint density at radius 1 is 0.971 bits per heavy atom. The number of rotatable bonds is 6. The van der Waals surface area contributed by atoms with E-state index in [1.807, 2.05) is 6.07 Å². The second-order valence-corrected chi connectivity index (χ2v) is 8.18. The van der Waals surface area contributed by atoms with Crippen molar-refractivity contribution in [2.24, 2.45) is 0 Å². The molecule has 2 N–H and O–H groups in total. The van der Waals surface area contributed by atoms with E-state index in [1.165, 1.54) is 12.1 Å². The van der Waals surface area contributed by atoms with Gasteiger partial charge in [-0.25, -0.2) is 9.78 Å². The summed E-state index contributed by atoms with van der Waals surface area (Å²) in [5, 5.41) is 5.49. The lowest BCUT2D eigenvalue weighted by Gasteiger charge is -2.35. The molecule has 1 aliphatic rings. The van der Waals surface area contributed by atoms with Gasteiger partial charge in [-0.2, -0.15) is 13.2 Å². The first kappa shape index (κ1) is 24.3. The Morgan fingerprint density at radius 3 is 2.40 bits per heavy atom. The molecule has 1 aromatic heterocycles. The molecule has 7 nitrogen and oxygen atoms in total. The van der Waals surface area contributed by atoms with E-state index in [-0.39, 0.29) is 0 Å². The van der Waals surface area contributed by atoms with Crippen LogP contribution in [-0.2, 0) is 12.7 Å². The van der Waals surface area contributed by atoms with Crippen molar-refractivity contribution in [3.8, 4) is 5.75 Å². The summed E-state index contributed by atoms with van der Waals surface area (Å²) >= 11 is 0. The second kappa shape index (κ2) is 10.6. The number of anilines is 3. The molecule has 0 bridgehead atoms. The van der Waals surface area contributed by atoms with Gasteiger partial charge in [0.25, 0.3) is 0 Å². The van der Waals surface area contributed by atoms with Crippen LogP contribution in [0.3, 0.4) is 0 Å². The molecule has 0 aliphatic carbocycles. The first-order valence-electron chi connectivity index (χ1n) is 11.1. The fraction of sp³-hybridized carbons (Fsp3) is 0.280. The maximum absolute atomic E-state index is 13.0. The summed E-state index contributed by atoms with van der Waals surface area (Å²) in [5.41, 5.74) is 1.18. The molecule has 184 valence electrons. The van der Waals surface area contributed by atoms with Gasteiger partial charge >= 0.3 is 12.2 Å². The summed E-state index contributed by atoms with van der Waals surface area (Å²) in [5.74, 6) is 1.42. The summed E-state index contributed by atoms with van der Waals surface area (Å²) < 4.78 is 44.0. The SMILES string of the molecule is COc1cccc(NC(=O)Nc2ccc(N3CCN(Cc4cccc(C(F)(F)F)c4)CC3)nc2)c1. The van der Waals surface area contributed by atoms with Crippen LogP contribution in [-0.4, -0.2) is 49.2 Å². The maximum atomic E-state index is 13.0. The lowest BCUT2D eigenvalue weighted by atomic mass is 10.1. The van der Waals surface area contributed by atoms with Crippen molar-refractivity contribution in [2.45, 2.75) is 12.7 Å². The van der Waals surface area contributed by atoms with Gasteiger partial charge in [0.1, 0.15) is 11.6 Å². The van der Waals surface area contributed by atoms with E-state index in [2.05, 4.69) is 25.4 Å². The van der Waals surface area contributed by atoms with Crippen LogP contribution >= 0.6 is 0 Å². The minimum atomic E-state index is -4.34. The number of aromatic nitrogens is 1. The number of ether oxygens (including phenoxy) is 1. The Balaban J connectivity index is 1.27. The minimum Gasteiger partial charge on any atom is -0.497 e. The van der Waals surface area contributed by atoms with Crippen LogP contribution in [0.1, 0.15) is 11.1 Å². The van der Waals surface area contributed by atoms with E-state index < -0.39 is 17.8 Å². The van der Waals surface area contributed by atoms with Crippen molar-refractivity contribution in [2.75, 3.05) is 48.8 Å². The van der Waals surface area contributed by atoms with Crippen molar-refractivity contribution in [1.82, 2.24) is 9.88 Å². The molecule has 10 heteroatoms. The van der Waals surface area contributed by atoms with Gasteiger partial charge in [0.15, 0.2) is 0 Å². The molecule has 3 aromatic rings. The van der Waals surface area contributed by atoms with Crippen molar-refractivity contribution in [1.29, 1.82) is 0 Å². The minimum absolute atomic E-state index is 0.393. The van der Waals surface area contributed by atoms with Crippen LogP contribution in [0.25, 0.3) is 0 Å². The van der Waals surface area contributed by atoms with Crippen molar-refractivity contribution in [3.63, 3.8) is 0 Å². The summed E-state index contributed by atoms with van der Waals surface area (Å²) in [6, 6.07) is 15.7. The number of amides is 2. The van der Waals surface area contributed by atoms with E-state index in [9.17, 15) is 18.0 Å². The van der Waals surface area contributed by atoms with Crippen LogP contribution in [0.5, 0.6) is 5.75 Å². The number of piperazine rings is 1. The highest BCUT2D eigenvalue weighted by Crippen LogP contribution is 2.30. The van der Waals surface area contributed by atoms with E-state index in [0.717, 1.165) is 11.9 Å². The Labute approximate surface area is 201 Å². The van der Waals surface area contributed by atoms with Gasteiger partial charge in [-0.3, -0.25) is 4.90 Å². The number of hydrogen-bond acceptors (Lipinski definition) is 5. The number of nitrogens with zero attached hydrogens (tertiary/aromatic N) is 3. The van der Waals surface area contributed by atoms with E-state index in [0.29, 0.717) is 55.4 Å². The van der Waals surface area contributed by atoms with Gasteiger partial charge < -0.3 is 20.3 Å². The quantitative estimate of drug-likeness (QED) is 0.510. The van der Waals surface area contributed by atoms with Gasteiger partial charge in [0, 0.05) is 44.5 Å². The summed E-state index contributed by atoms with van der Waals surface area (Å²) in [6.07, 6.45) is -2.74. The zero-order chi connectivity index (χ0) is 24.8. The number of methoxy groups -OCH3 is 1. The molecule has 2 aromatic carbocycles. The monoisotopic (exact) mass is 485 g/mol. The molecule has 1 saturated heterocycles. The highest BCUT2D eigenvalue weighted by Gasteiger charge is 2.30. The highest BCUT2D eigenvalue weighted by molar-refractivity contribution is 5.99. The van der Waals surface area contributed by atoms with Crippen LogP contribution in [0.4, 0.5) is 35.2 Å². The zero-order valence-electron chi connectivity index (χ0n) is 19.2. The fourth-order valence-corrected chi connectivity index (χ4v) is 3.88. The number of nitrogens with one attached hydrogen (secondary N) is 2. The van der Waals surface area contributed by atoms with E-state index in [1.54, 1.807) is 49.7 Å². The molecular weight excluding hydrogens is 459 g/mol. The molecule has 0 atom stereocenters. The third kappa shape index (κ3) is 6.63. The maximum Gasteiger partial charge on any atom is 0.416 e. The number of hydrogen-bond donors (Lipinski definition) is 2. The first-order valence-corrected chi connectivity index (χ1v) is 11.1. The van der Waals surface area contributed by atoms with Crippen LogP contribution in [0.15, 0.2) is 66.9 Å². The number of alkyl halides is 3. The standard InChI is InChI=1S/C25H26F3N5O2/c1-35-22-7-3-6-20(15-22)30-24(34)31-21-8-9-23(29-16-21)33-12-10-32(11-13-33)17-18-4-2-5-19(14-18)25(26,27)28/h2-9,14-16H,10-13,17H2,1H3,(H2,30,31,34). The number of halogens is 3. The van der Waals surface area contributed by atoms with Gasteiger partial charge in [0.05, 0.1) is 24.6 Å². The van der Waals surface area contributed by atoms with Gasteiger partial charge in [0.2, 0.25) is 0 Å². The van der Waals surface area contributed by atoms with E-state index >= 15 is 0 Å². The average molecular weight is 486 g/mol. The van der Waals surface area contributed by atoms with Gasteiger partial charge in [-0.05, 0) is 35.9 Å². The van der Waals surface area contributed by atoms with Crippen molar-refractivity contribution >= 4 is 23.2 Å². The summed E-state index contributed by atoms with van der Waals surface area (Å²) in [4.78, 5) is 21.0. The molecule has 4 rings (SSSR count). The molecule has 2 amide bonds. The lowest BCUT2D eigenvalue weighted by molar-refractivity contribution is -0.137. The largest absolute Gasteiger partial charge is 0.497 e. The normalized spacial score (nSPS) is 14.5. The number of benzene rings is 2. The predicted octanol–water partition coefficient (Wildman–Crippen LogP) is 5.08. The third-order valence-electron chi connectivity index (χ3n) is 5.69. The number of urea groups is 1. The molecule has 1 aliphatic heterocycles. The molecule has 0 spiro atoms. The molecule has 1 fully saturated rings. The van der Waals surface area contributed by atoms with Crippen LogP contribution < -0.4 is 20.3 Å². The van der Waals surface area contributed by atoms with Crippen LogP contribution in [0.2, 0.25) is 0 Å². The third-order valence-corrected chi connectivity index (χ3v) is 5.69. The lowest BCUT2D eigenvalue weighted by Crippen LogP contribution is -2.46. The Kier molecular flexibility index (Phi) is 7.40. The number of carbonyl (C=O) groups excluding carboxylic acids is 1. The number of carbonyl (C=O) groups is 1. The van der Waals surface area contributed by atoms with Crippen molar-refractivity contribution in [3.05, 3.63) is 78.0 Å². The molecule has 2 heterocycles. The van der Waals surface area contributed by atoms with E-state index in [4.69, 9.17) is 4.74 Å². The van der Waals surface area contributed by atoms with Gasteiger partial charge in [-0.15, -0.1) is 0 Å². The Hall–Kier alpha value is -3.79. The summed E-state index contributed by atoms with van der Waals surface area (Å²) in [6.45, 7) is 3.29. The molecule has 35 heavy (non-hydrogen) atoms. The van der Waals surface area contributed by atoms with Gasteiger partial charge in [-0.1, -0.05) is 24.3 Å². The molecular formula is C25H26F3N5O2. The molecule has 0 radical (unpaired) electrons. The predicted molar refractivity (Wildman–Crippen MR) is 129 cm³/mol. The number of pyridine rings is 1. The second-order valence-electron chi connectivity index (χ2n) is 8.18. The Morgan fingerprint density at radius 2 is 1.71 bits per heavy atom. The smallest absolute Gasteiger partial charge is 0.416 e. The first-order chi connectivity index (χ1) is 16.8.